The summed E-state index contributed by atoms with van der Waals surface area (Å²) < 4.78 is 5.59. The molecule has 1 aromatic heterocycles. The quantitative estimate of drug-likeness (QED) is 0.718. The number of hydrogen-bond acceptors (Lipinski definition) is 5. The lowest BCUT2D eigenvalue weighted by Crippen LogP contribution is -2.31. The molecular formula is C19H13N3O2. The second kappa shape index (κ2) is 5.36. The summed E-state index contributed by atoms with van der Waals surface area (Å²) in [5, 5.41) is 29.4. The molecule has 0 saturated heterocycles. The van der Waals surface area contributed by atoms with Crippen molar-refractivity contribution in [3.8, 4) is 17.6 Å². The highest BCUT2D eigenvalue weighted by Crippen LogP contribution is 2.45. The minimum Gasteiger partial charge on any atom is -0.508 e. The van der Waals surface area contributed by atoms with Gasteiger partial charge < -0.3 is 9.84 Å². The standard InChI is InChI=1S/C19H13N3O2/c20-9-15-17(12-2-1-7-22-10-12)18-14-8-13(23)5-3-11(14)4-6-16(18)24-19(15)21/h1-8,10,15,17,21,23H. The van der Waals surface area contributed by atoms with Crippen molar-refractivity contribution in [3.05, 3.63) is 66.0 Å². The fraction of sp³-hybridized carbons (Fsp3) is 0.105. The number of nitrogens with zero attached hydrogens (tertiary/aromatic N) is 2. The van der Waals surface area contributed by atoms with Gasteiger partial charge in [-0.05, 0) is 40.6 Å². The van der Waals surface area contributed by atoms with Gasteiger partial charge in [0.15, 0.2) is 0 Å². The van der Waals surface area contributed by atoms with Gasteiger partial charge in [0, 0.05) is 23.9 Å². The molecule has 1 aliphatic rings. The van der Waals surface area contributed by atoms with E-state index < -0.39 is 5.92 Å². The highest BCUT2D eigenvalue weighted by molar-refractivity contribution is 5.94. The lowest BCUT2D eigenvalue weighted by molar-refractivity contribution is 0.452. The van der Waals surface area contributed by atoms with Crippen LogP contribution in [0, 0.1) is 22.7 Å². The molecule has 2 aromatic carbocycles. The molecule has 4 rings (SSSR count). The van der Waals surface area contributed by atoms with E-state index in [1.807, 2.05) is 24.3 Å². The molecule has 3 aromatic rings. The second-order valence-electron chi connectivity index (χ2n) is 5.72. The Kier molecular flexibility index (Phi) is 3.17. The van der Waals surface area contributed by atoms with Crippen LogP contribution in [0.5, 0.6) is 11.5 Å². The Balaban J connectivity index is 2.07. The average molecular weight is 315 g/mol. The van der Waals surface area contributed by atoms with Crippen LogP contribution in [0.1, 0.15) is 17.0 Å². The van der Waals surface area contributed by atoms with Crippen LogP contribution in [-0.4, -0.2) is 16.0 Å². The normalized spacial score (nSPS) is 19.4. The van der Waals surface area contributed by atoms with Crippen LogP contribution in [-0.2, 0) is 0 Å². The molecule has 0 spiro atoms. The van der Waals surface area contributed by atoms with Crippen molar-refractivity contribution in [2.45, 2.75) is 5.92 Å². The van der Waals surface area contributed by atoms with E-state index in [2.05, 4.69) is 11.1 Å². The van der Waals surface area contributed by atoms with Gasteiger partial charge in [-0.25, -0.2) is 0 Å². The van der Waals surface area contributed by atoms with Crippen molar-refractivity contribution in [1.82, 2.24) is 4.98 Å². The van der Waals surface area contributed by atoms with Gasteiger partial charge in [-0.3, -0.25) is 10.4 Å². The molecule has 0 bridgehead atoms. The van der Waals surface area contributed by atoms with E-state index in [0.717, 1.165) is 21.9 Å². The SMILES string of the molecule is N#CC1C(=N)Oc2ccc3ccc(O)cc3c2C1c1cccnc1. The van der Waals surface area contributed by atoms with E-state index in [-0.39, 0.29) is 17.6 Å². The third kappa shape index (κ3) is 2.09. The van der Waals surface area contributed by atoms with E-state index in [9.17, 15) is 10.4 Å². The molecule has 0 amide bonds. The van der Waals surface area contributed by atoms with Crippen molar-refractivity contribution in [2.24, 2.45) is 5.92 Å². The number of aromatic hydroxyl groups is 1. The summed E-state index contributed by atoms with van der Waals surface area (Å²) >= 11 is 0. The molecule has 24 heavy (non-hydrogen) atoms. The van der Waals surface area contributed by atoms with Gasteiger partial charge in [0.25, 0.3) is 0 Å². The first-order valence-corrected chi connectivity index (χ1v) is 7.50. The predicted molar refractivity (Wildman–Crippen MR) is 89.2 cm³/mol. The zero-order chi connectivity index (χ0) is 16.7. The Labute approximate surface area is 138 Å². The molecule has 2 unspecified atom stereocenters. The number of fused-ring (bicyclic) bond motifs is 3. The summed E-state index contributed by atoms with van der Waals surface area (Å²) in [4.78, 5) is 4.15. The van der Waals surface area contributed by atoms with E-state index in [4.69, 9.17) is 10.1 Å². The van der Waals surface area contributed by atoms with Crippen LogP contribution < -0.4 is 4.74 Å². The highest BCUT2D eigenvalue weighted by Gasteiger charge is 2.38. The number of pyridine rings is 1. The maximum Gasteiger partial charge on any atom is 0.205 e. The number of benzene rings is 2. The Morgan fingerprint density at radius 2 is 2.04 bits per heavy atom. The van der Waals surface area contributed by atoms with Crippen LogP contribution in [0.4, 0.5) is 0 Å². The molecule has 2 atom stereocenters. The molecule has 5 nitrogen and oxygen atoms in total. The number of nitriles is 1. The smallest absolute Gasteiger partial charge is 0.205 e. The summed E-state index contributed by atoms with van der Waals surface area (Å²) in [7, 11) is 0. The predicted octanol–water partition coefficient (Wildman–Crippen LogP) is 3.58. The number of hydrogen-bond donors (Lipinski definition) is 2. The summed E-state index contributed by atoms with van der Waals surface area (Å²) in [5.74, 6) is -0.494. The number of aromatic nitrogens is 1. The van der Waals surface area contributed by atoms with E-state index in [1.165, 1.54) is 0 Å². The molecule has 0 fully saturated rings. The number of rotatable bonds is 1. The van der Waals surface area contributed by atoms with E-state index >= 15 is 0 Å². The minimum absolute atomic E-state index is 0.0710. The van der Waals surface area contributed by atoms with Crippen LogP contribution in [0.3, 0.4) is 0 Å². The van der Waals surface area contributed by atoms with Crippen molar-refractivity contribution in [3.63, 3.8) is 0 Å². The number of phenols is 1. The molecule has 0 aliphatic carbocycles. The molecular weight excluding hydrogens is 302 g/mol. The lowest BCUT2D eigenvalue weighted by atomic mass is 9.78. The van der Waals surface area contributed by atoms with Crippen LogP contribution >= 0.6 is 0 Å². The summed E-state index contributed by atoms with van der Waals surface area (Å²) in [6.07, 6.45) is 3.38. The van der Waals surface area contributed by atoms with Crippen LogP contribution in [0.15, 0.2) is 54.9 Å². The first kappa shape index (κ1) is 14.2. The van der Waals surface area contributed by atoms with E-state index in [0.29, 0.717) is 5.75 Å². The fourth-order valence-corrected chi connectivity index (χ4v) is 3.27. The zero-order valence-electron chi connectivity index (χ0n) is 12.6. The number of phenolic OH excluding ortho intramolecular Hbond substituents is 1. The van der Waals surface area contributed by atoms with Gasteiger partial charge >= 0.3 is 0 Å². The largest absolute Gasteiger partial charge is 0.508 e. The zero-order valence-corrected chi connectivity index (χ0v) is 12.6. The van der Waals surface area contributed by atoms with Gasteiger partial charge in [-0.2, -0.15) is 5.26 Å². The van der Waals surface area contributed by atoms with Crippen molar-refractivity contribution < 1.29 is 9.84 Å². The molecule has 5 heteroatoms. The van der Waals surface area contributed by atoms with Crippen LogP contribution in [0.2, 0.25) is 0 Å². The number of ether oxygens (including phenoxy) is 1. The summed E-state index contributed by atoms with van der Waals surface area (Å²) in [6, 6.07) is 14.7. The first-order valence-electron chi connectivity index (χ1n) is 7.50. The minimum atomic E-state index is -0.741. The van der Waals surface area contributed by atoms with Gasteiger partial charge in [0.1, 0.15) is 17.4 Å². The molecule has 0 saturated carbocycles. The maximum atomic E-state index is 9.90. The second-order valence-corrected chi connectivity index (χ2v) is 5.72. The number of nitrogens with one attached hydrogen (secondary N) is 1. The Hall–Kier alpha value is -3.39. The first-order chi connectivity index (χ1) is 11.7. The fourth-order valence-electron chi connectivity index (χ4n) is 3.27. The third-order valence-corrected chi connectivity index (χ3v) is 4.34. The monoisotopic (exact) mass is 315 g/mol. The maximum absolute atomic E-state index is 9.90. The Bertz CT molecular complexity index is 993. The lowest BCUT2D eigenvalue weighted by Gasteiger charge is -2.31. The van der Waals surface area contributed by atoms with Gasteiger partial charge in [-0.15, -0.1) is 0 Å². The third-order valence-electron chi connectivity index (χ3n) is 4.34. The van der Waals surface area contributed by atoms with Gasteiger partial charge in [0.2, 0.25) is 5.90 Å². The van der Waals surface area contributed by atoms with Crippen molar-refractivity contribution >= 4 is 16.7 Å². The van der Waals surface area contributed by atoms with Crippen LogP contribution in [0.25, 0.3) is 10.8 Å². The molecule has 1 aliphatic heterocycles. The van der Waals surface area contributed by atoms with Crippen molar-refractivity contribution in [1.29, 1.82) is 10.7 Å². The molecule has 116 valence electrons. The van der Waals surface area contributed by atoms with E-state index in [1.54, 1.807) is 30.6 Å². The summed E-state index contributed by atoms with van der Waals surface area (Å²) in [5.41, 5.74) is 1.65. The molecule has 0 radical (unpaired) electrons. The highest BCUT2D eigenvalue weighted by atomic mass is 16.5. The average Bonchev–Trinajstić information content (AvgIpc) is 2.61. The van der Waals surface area contributed by atoms with Gasteiger partial charge in [-0.1, -0.05) is 18.2 Å². The Morgan fingerprint density at radius 1 is 1.21 bits per heavy atom. The summed E-state index contributed by atoms with van der Waals surface area (Å²) in [6.45, 7) is 0. The topological polar surface area (TPSA) is 90.0 Å². The van der Waals surface area contributed by atoms with Crippen molar-refractivity contribution in [2.75, 3.05) is 0 Å². The molecule has 2 heterocycles. The molecule has 2 N–H and O–H groups in total. The Morgan fingerprint density at radius 3 is 2.79 bits per heavy atom. The van der Waals surface area contributed by atoms with Gasteiger partial charge in [0.05, 0.1) is 6.07 Å².